The van der Waals surface area contributed by atoms with Crippen molar-refractivity contribution < 1.29 is 4.74 Å². The van der Waals surface area contributed by atoms with Gasteiger partial charge in [0.1, 0.15) is 5.75 Å². The highest BCUT2D eigenvalue weighted by molar-refractivity contribution is 5.58. The zero-order valence-corrected chi connectivity index (χ0v) is 12.2. The molecule has 0 amide bonds. The highest BCUT2D eigenvalue weighted by atomic mass is 16.5. The van der Waals surface area contributed by atoms with E-state index in [0.29, 0.717) is 18.5 Å². The van der Waals surface area contributed by atoms with Crippen LogP contribution in [0.3, 0.4) is 0 Å². The minimum absolute atomic E-state index is 0.398. The number of nitrogens with zero attached hydrogens (tertiary/aromatic N) is 2. The Labute approximate surface area is 116 Å². The van der Waals surface area contributed by atoms with Gasteiger partial charge in [-0.1, -0.05) is 19.1 Å². The average Bonchev–Trinajstić information content (AvgIpc) is 2.56. The molecule has 1 aromatic carbocycles. The van der Waals surface area contributed by atoms with Crippen molar-refractivity contribution in [3.8, 4) is 5.75 Å². The molecule has 0 saturated carbocycles. The van der Waals surface area contributed by atoms with Gasteiger partial charge in [0.25, 0.3) is 0 Å². The van der Waals surface area contributed by atoms with Crippen LogP contribution in [0.4, 0.5) is 5.69 Å². The van der Waals surface area contributed by atoms with Crippen LogP contribution in [0.25, 0.3) is 0 Å². The maximum Gasteiger partial charge on any atom is 0.142 e. The van der Waals surface area contributed by atoms with E-state index in [4.69, 9.17) is 10.5 Å². The predicted molar refractivity (Wildman–Crippen MR) is 79.8 cm³/mol. The molecule has 1 aliphatic heterocycles. The van der Waals surface area contributed by atoms with Crippen LogP contribution in [0, 0.1) is 5.92 Å². The third-order valence-electron chi connectivity index (χ3n) is 3.88. The lowest BCUT2D eigenvalue weighted by Gasteiger charge is -2.30. The Hall–Kier alpha value is -1.26. The summed E-state index contributed by atoms with van der Waals surface area (Å²) in [5.74, 6) is 1.56. The van der Waals surface area contributed by atoms with Gasteiger partial charge in [-0.05, 0) is 25.1 Å². The van der Waals surface area contributed by atoms with Gasteiger partial charge in [0.2, 0.25) is 0 Å². The highest BCUT2D eigenvalue weighted by Gasteiger charge is 2.26. The largest absolute Gasteiger partial charge is 0.495 e. The Morgan fingerprint density at radius 1 is 1.26 bits per heavy atom. The minimum Gasteiger partial charge on any atom is -0.495 e. The van der Waals surface area contributed by atoms with Crippen molar-refractivity contribution in [3.05, 3.63) is 24.3 Å². The summed E-state index contributed by atoms with van der Waals surface area (Å²) in [6.45, 7) is 6.07. The van der Waals surface area contributed by atoms with Gasteiger partial charge in [0, 0.05) is 32.2 Å². The summed E-state index contributed by atoms with van der Waals surface area (Å²) in [6.07, 6.45) is 0. The first-order valence-corrected chi connectivity index (χ1v) is 6.94. The molecule has 2 N–H and O–H groups in total. The summed E-state index contributed by atoms with van der Waals surface area (Å²) in [7, 11) is 3.90. The smallest absolute Gasteiger partial charge is 0.142 e. The van der Waals surface area contributed by atoms with E-state index in [1.807, 2.05) is 12.1 Å². The lowest BCUT2D eigenvalue weighted by molar-refractivity contribution is 0.244. The van der Waals surface area contributed by atoms with Crippen molar-refractivity contribution in [2.75, 3.05) is 45.2 Å². The molecule has 2 unspecified atom stereocenters. The maximum absolute atomic E-state index is 5.92. The third-order valence-corrected chi connectivity index (χ3v) is 3.88. The number of hydrogen-bond acceptors (Lipinski definition) is 4. The Balaban J connectivity index is 2.26. The maximum atomic E-state index is 5.92. The van der Waals surface area contributed by atoms with E-state index in [1.165, 1.54) is 5.69 Å². The Bertz CT molecular complexity index is 410. The van der Waals surface area contributed by atoms with Crippen LogP contribution < -0.4 is 15.4 Å². The molecule has 106 valence electrons. The van der Waals surface area contributed by atoms with Crippen molar-refractivity contribution in [3.63, 3.8) is 0 Å². The summed E-state index contributed by atoms with van der Waals surface area (Å²) < 4.78 is 5.48. The van der Waals surface area contributed by atoms with Crippen LogP contribution in [0.1, 0.15) is 6.92 Å². The molecular weight excluding hydrogens is 238 g/mol. The van der Waals surface area contributed by atoms with Gasteiger partial charge < -0.3 is 20.3 Å². The highest BCUT2D eigenvalue weighted by Crippen LogP contribution is 2.29. The number of anilines is 1. The number of hydrogen-bond donors (Lipinski definition) is 1. The Morgan fingerprint density at radius 3 is 2.68 bits per heavy atom. The number of para-hydroxylation sites is 2. The summed E-state index contributed by atoms with van der Waals surface area (Å²) >= 11 is 0. The molecule has 1 heterocycles. The SMILES string of the molecule is COc1ccccc1N1CC(C)CN(C)C(CN)C1. The number of likely N-dealkylation sites (N-methyl/N-ethyl adjacent to an activating group) is 1. The minimum atomic E-state index is 0.398. The predicted octanol–water partition coefficient (Wildman–Crippen LogP) is 1.41. The monoisotopic (exact) mass is 263 g/mol. The van der Waals surface area contributed by atoms with Gasteiger partial charge >= 0.3 is 0 Å². The van der Waals surface area contributed by atoms with Crippen LogP contribution >= 0.6 is 0 Å². The normalized spacial score (nSPS) is 25.2. The quantitative estimate of drug-likeness (QED) is 0.895. The first-order chi connectivity index (χ1) is 9.15. The van der Waals surface area contributed by atoms with Crippen molar-refractivity contribution in [2.24, 2.45) is 11.7 Å². The fraction of sp³-hybridized carbons (Fsp3) is 0.600. The molecule has 2 atom stereocenters. The zero-order chi connectivity index (χ0) is 13.8. The van der Waals surface area contributed by atoms with Crippen LogP contribution in [0.2, 0.25) is 0 Å². The Morgan fingerprint density at radius 2 is 2.00 bits per heavy atom. The van der Waals surface area contributed by atoms with E-state index in [2.05, 4.69) is 35.9 Å². The van der Waals surface area contributed by atoms with Crippen molar-refractivity contribution in [1.82, 2.24) is 4.90 Å². The lowest BCUT2D eigenvalue weighted by Crippen LogP contribution is -2.44. The molecule has 1 aliphatic rings. The number of ether oxygens (including phenoxy) is 1. The van der Waals surface area contributed by atoms with Gasteiger partial charge in [0.15, 0.2) is 0 Å². The summed E-state index contributed by atoms with van der Waals surface area (Å²) in [4.78, 5) is 4.78. The molecule has 1 aromatic rings. The van der Waals surface area contributed by atoms with Gasteiger partial charge in [-0.15, -0.1) is 0 Å². The van der Waals surface area contributed by atoms with E-state index in [1.54, 1.807) is 7.11 Å². The fourth-order valence-electron chi connectivity index (χ4n) is 2.89. The number of nitrogens with two attached hydrogens (primary N) is 1. The van der Waals surface area contributed by atoms with Gasteiger partial charge in [-0.2, -0.15) is 0 Å². The van der Waals surface area contributed by atoms with Crippen molar-refractivity contribution >= 4 is 5.69 Å². The molecule has 0 aromatic heterocycles. The van der Waals surface area contributed by atoms with Crippen LogP contribution in [-0.4, -0.2) is 51.3 Å². The lowest BCUT2D eigenvalue weighted by atomic mass is 10.1. The fourth-order valence-corrected chi connectivity index (χ4v) is 2.89. The van der Waals surface area contributed by atoms with Crippen molar-refractivity contribution in [2.45, 2.75) is 13.0 Å². The van der Waals surface area contributed by atoms with Gasteiger partial charge in [-0.25, -0.2) is 0 Å². The standard InChI is InChI=1S/C15H25N3O/c1-12-9-17(2)13(8-16)11-18(10-12)14-6-4-5-7-15(14)19-3/h4-7,12-13H,8-11,16H2,1-3H3. The topological polar surface area (TPSA) is 41.7 Å². The summed E-state index contributed by atoms with van der Waals surface area (Å²) in [6, 6.07) is 8.62. The van der Waals surface area contributed by atoms with Crippen LogP contribution in [-0.2, 0) is 0 Å². The van der Waals surface area contributed by atoms with E-state index in [-0.39, 0.29) is 0 Å². The molecule has 1 saturated heterocycles. The molecule has 2 rings (SSSR count). The van der Waals surface area contributed by atoms with E-state index < -0.39 is 0 Å². The number of benzene rings is 1. The second-order valence-corrected chi connectivity index (χ2v) is 5.51. The third kappa shape index (κ3) is 3.19. The molecule has 0 spiro atoms. The number of methoxy groups -OCH3 is 1. The van der Waals surface area contributed by atoms with Crippen LogP contribution in [0.15, 0.2) is 24.3 Å². The van der Waals surface area contributed by atoms with Crippen LogP contribution in [0.5, 0.6) is 5.75 Å². The Kier molecular flexibility index (Phi) is 4.66. The van der Waals surface area contributed by atoms with E-state index >= 15 is 0 Å². The van der Waals surface area contributed by atoms with Gasteiger partial charge in [0.05, 0.1) is 12.8 Å². The molecule has 1 fully saturated rings. The molecule has 19 heavy (non-hydrogen) atoms. The zero-order valence-electron chi connectivity index (χ0n) is 12.2. The van der Waals surface area contributed by atoms with E-state index in [0.717, 1.165) is 25.4 Å². The molecular formula is C15H25N3O. The van der Waals surface area contributed by atoms with Crippen molar-refractivity contribution in [1.29, 1.82) is 0 Å². The molecule has 0 radical (unpaired) electrons. The summed E-state index contributed by atoms with van der Waals surface area (Å²) in [5.41, 5.74) is 7.09. The second-order valence-electron chi connectivity index (χ2n) is 5.51. The molecule has 0 aliphatic carbocycles. The first kappa shape index (κ1) is 14.2. The first-order valence-electron chi connectivity index (χ1n) is 6.94. The number of rotatable bonds is 3. The second kappa shape index (κ2) is 6.26. The summed E-state index contributed by atoms with van der Waals surface area (Å²) in [5, 5.41) is 0. The average molecular weight is 263 g/mol. The van der Waals surface area contributed by atoms with Gasteiger partial charge in [-0.3, -0.25) is 0 Å². The molecule has 4 heteroatoms. The van der Waals surface area contributed by atoms with E-state index in [9.17, 15) is 0 Å². The molecule has 0 bridgehead atoms. The molecule has 4 nitrogen and oxygen atoms in total.